The van der Waals surface area contributed by atoms with Crippen molar-refractivity contribution >= 4 is 0 Å². The highest BCUT2D eigenvalue weighted by Gasteiger charge is 2.25. The SMILES string of the molecule is CC(C)(C)c1ccc(F)c(OCC(C)(C)c2ccc(F)c(OCCC3CC3)c2)c1. The van der Waals surface area contributed by atoms with E-state index >= 15 is 0 Å². The van der Waals surface area contributed by atoms with Crippen molar-refractivity contribution in [2.45, 2.75) is 64.7 Å². The Hall–Kier alpha value is -2.10. The highest BCUT2D eigenvalue weighted by atomic mass is 19.1. The van der Waals surface area contributed by atoms with Gasteiger partial charge in [0.2, 0.25) is 0 Å². The summed E-state index contributed by atoms with van der Waals surface area (Å²) < 4.78 is 40.0. The van der Waals surface area contributed by atoms with Crippen LogP contribution in [0.25, 0.3) is 0 Å². The molecule has 0 radical (unpaired) electrons. The van der Waals surface area contributed by atoms with Crippen LogP contribution in [0.2, 0.25) is 0 Å². The second kappa shape index (κ2) is 8.33. The third kappa shape index (κ3) is 5.71. The smallest absolute Gasteiger partial charge is 0.165 e. The van der Waals surface area contributed by atoms with Gasteiger partial charge in [-0.1, -0.05) is 59.6 Å². The molecule has 1 saturated carbocycles. The van der Waals surface area contributed by atoms with Crippen LogP contribution in [0.1, 0.15) is 65.0 Å². The molecule has 2 aromatic carbocycles. The number of ether oxygens (including phenoxy) is 2. The van der Waals surface area contributed by atoms with Crippen molar-refractivity contribution in [2.24, 2.45) is 5.92 Å². The molecule has 0 atom stereocenters. The van der Waals surface area contributed by atoms with Gasteiger partial charge in [0, 0.05) is 5.41 Å². The van der Waals surface area contributed by atoms with E-state index in [1.54, 1.807) is 24.3 Å². The van der Waals surface area contributed by atoms with Gasteiger partial charge >= 0.3 is 0 Å². The van der Waals surface area contributed by atoms with E-state index < -0.39 is 5.41 Å². The van der Waals surface area contributed by atoms with Crippen LogP contribution in [-0.2, 0) is 10.8 Å². The quantitative estimate of drug-likeness (QED) is 0.483. The lowest BCUT2D eigenvalue weighted by Gasteiger charge is -2.27. The summed E-state index contributed by atoms with van der Waals surface area (Å²) in [7, 11) is 0. The van der Waals surface area contributed by atoms with Crippen LogP contribution in [0, 0.1) is 17.6 Å². The van der Waals surface area contributed by atoms with E-state index in [1.807, 2.05) is 13.8 Å². The second-order valence-electron chi connectivity index (χ2n) is 9.79. The van der Waals surface area contributed by atoms with Gasteiger partial charge in [0.15, 0.2) is 23.1 Å². The first-order valence-electron chi connectivity index (χ1n) is 10.4. The number of hydrogen-bond acceptors (Lipinski definition) is 2. The number of hydrogen-bond donors (Lipinski definition) is 0. The molecule has 0 heterocycles. The van der Waals surface area contributed by atoms with E-state index in [2.05, 4.69) is 20.8 Å². The van der Waals surface area contributed by atoms with Crippen LogP contribution >= 0.6 is 0 Å². The molecule has 0 bridgehead atoms. The van der Waals surface area contributed by atoms with Crippen LogP contribution in [0.3, 0.4) is 0 Å². The maximum Gasteiger partial charge on any atom is 0.165 e. The summed E-state index contributed by atoms with van der Waals surface area (Å²) in [5, 5.41) is 0. The number of rotatable bonds is 8. The van der Waals surface area contributed by atoms with Gasteiger partial charge in [-0.25, -0.2) is 8.78 Å². The topological polar surface area (TPSA) is 18.5 Å². The van der Waals surface area contributed by atoms with Crippen LogP contribution in [0.15, 0.2) is 36.4 Å². The summed E-state index contributed by atoms with van der Waals surface area (Å²) in [6.45, 7) is 11.0. The molecule has 0 aliphatic heterocycles. The predicted octanol–water partition coefficient (Wildman–Crippen LogP) is 6.80. The summed E-state index contributed by atoms with van der Waals surface area (Å²) in [6.07, 6.45) is 3.48. The lowest BCUT2D eigenvalue weighted by molar-refractivity contribution is 0.229. The molecular formula is C25H32F2O2. The molecule has 0 amide bonds. The average molecular weight is 403 g/mol. The Bertz CT molecular complexity index is 848. The minimum absolute atomic E-state index is 0.0923. The molecule has 0 N–H and O–H groups in total. The maximum absolute atomic E-state index is 14.3. The Balaban J connectivity index is 1.70. The molecule has 1 aliphatic rings. The Kier molecular flexibility index (Phi) is 6.21. The van der Waals surface area contributed by atoms with Crippen LogP contribution in [0.4, 0.5) is 8.78 Å². The molecule has 0 spiro atoms. The van der Waals surface area contributed by atoms with Gasteiger partial charge in [0.05, 0.1) is 13.2 Å². The predicted molar refractivity (Wildman–Crippen MR) is 113 cm³/mol. The zero-order chi connectivity index (χ0) is 21.2. The van der Waals surface area contributed by atoms with Crippen LogP contribution in [-0.4, -0.2) is 13.2 Å². The van der Waals surface area contributed by atoms with Crippen LogP contribution in [0.5, 0.6) is 11.5 Å². The largest absolute Gasteiger partial charge is 0.490 e. The zero-order valence-corrected chi connectivity index (χ0v) is 18.1. The van der Waals surface area contributed by atoms with Crippen molar-refractivity contribution in [1.29, 1.82) is 0 Å². The molecule has 2 aromatic rings. The molecule has 3 rings (SSSR count). The van der Waals surface area contributed by atoms with Crippen molar-refractivity contribution in [3.05, 3.63) is 59.2 Å². The van der Waals surface area contributed by atoms with Gasteiger partial charge in [-0.2, -0.15) is 0 Å². The minimum atomic E-state index is -0.438. The first-order valence-corrected chi connectivity index (χ1v) is 10.4. The van der Waals surface area contributed by atoms with E-state index in [1.165, 1.54) is 25.0 Å². The molecule has 0 unspecified atom stereocenters. The Morgan fingerprint density at radius 1 is 0.828 bits per heavy atom. The van der Waals surface area contributed by atoms with E-state index in [9.17, 15) is 8.78 Å². The fourth-order valence-electron chi connectivity index (χ4n) is 3.20. The van der Waals surface area contributed by atoms with Crippen molar-refractivity contribution in [3.8, 4) is 11.5 Å². The molecule has 158 valence electrons. The Labute approximate surface area is 173 Å². The van der Waals surface area contributed by atoms with E-state index in [0.29, 0.717) is 6.61 Å². The molecule has 0 aromatic heterocycles. The monoisotopic (exact) mass is 402 g/mol. The summed E-state index contributed by atoms with van der Waals surface area (Å²) in [5.41, 5.74) is 1.38. The Morgan fingerprint density at radius 3 is 1.97 bits per heavy atom. The summed E-state index contributed by atoms with van der Waals surface area (Å²) in [4.78, 5) is 0. The van der Waals surface area contributed by atoms with Crippen LogP contribution < -0.4 is 9.47 Å². The molecule has 1 aliphatic carbocycles. The van der Waals surface area contributed by atoms with E-state index in [-0.39, 0.29) is 35.2 Å². The van der Waals surface area contributed by atoms with E-state index in [4.69, 9.17) is 9.47 Å². The molecule has 2 nitrogen and oxygen atoms in total. The maximum atomic E-state index is 14.3. The molecule has 1 fully saturated rings. The molecule has 4 heteroatoms. The van der Waals surface area contributed by atoms with Crippen molar-refractivity contribution < 1.29 is 18.3 Å². The van der Waals surface area contributed by atoms with Gasteiger partial charge < -0.3 is 9.47 Å². The first-order chi connectivity index (χ1) is 13.6. The van der Waals surface area contributed by atoms with Crippen molar-refractivity contribution in [3.63, 3.8) is 0 Å². The second-order valence-corrected chi connectivity index (χ2v) is 9.79. The molecular weight excluding hydrogens is 370 g/mol. The average Bonchev–Trinajstić information content (AvgIpc) is 3.46. The number of benzene rings is 2. The third-order valence-electron chi connectivity index (χ3n) is 5.58. The lowest BCUT2D eigenvalue weighted by atomic mass is 9.85. The Morgan fingerprint density at radius 2 is 1.38 bits per heavy atom. The molecule has 29 heavy (non-hydrogen) atoms. The first kappa shape index (κ1) is 21.6. The normalized spacial score (nSPS) is 14.7. The standard InChI is InChI=1S/C25H32F2O2/c1-24(2,3)18-8-10-21(27)23(14-18)29-16-25(4,5)19-9-11-20(26)22(15-19)28-13-12-17-6-7-17/h8-11,14-15,17H,6-7,12-13,16H2,1-5H3. The summed E-state index contributed by atoms with van der Waals surface area (Å²) >= 11 is 0. The fourth-order valence-corrected chi connectivity index (χ4v) is 3.20. The van der Waals surface area contributed by atoms with E-state index in [0.717, 1.165) is 23.5 Å². The number of halogens is 2. The zero-order valence-electron chi connectivity index (χ0n) is 18.1. The van der Waals surface area contributed by atoms with Gasteiger partial charge in [-0.3, -0.25) is 0 Å². The van der Waals surface area contributed by atoms with Gasteiger partial charge in [-0.15, -0.1) is 0 Å². The van der Waals surface area contributed by atoms with Crippen molar-refractivity contribution in [2.75, 3.05) is 13.2 Å². The van der Waals surface area contributed by atoms with Gasteiger partial charge in [0.1, 0.15) is 0 Å². The minimum Gasteiger partial charge on any atom is -0.490 e. The molecule has 0 saturated heterocycles. The fraction of sp³-hybridized carbons (Fsp3) is 0.520. The highest BCUT2D eigenvalue weighted by Crippen LogP contribution is 2.34. The van der Waals surface area contributed by atoms with Gasteiger partial charge in [0.25, 0.3) is 0 Å². The summed E-state index contributed by atoms with van der Waals surface area (Å²) in [5.74, 6) is 0.526. The van der Waals surface area contributed by atoms with Gasteiger partial charge in [-0.05, 0) is 53.1 Å². The third-order valence-corrected chi connectivity index (χ3v) is 5.58. The highest BCUT2D eigenvalue weighted by molar-refractivity contribution is 5.36. The van der Waals surface area contributed by atoms with Crippen molar-refractivity contribution in [1.82, 2.24) is 0 Å². The summed E-state index contributed by atoms with van der Waals surface area (Å²) in [6, 6.07) is 9.93. The lowest BCUT2D eigenvalue weighted by Crippen LogP contribution is -2.26.